The van der Waals surface area contributed by atoms with E-state index in [1.54, 1.807) is 36.7 Å². The molecule has 1 aromatic carbocycles. The number of ether oxygens (including phenoxy) is 1. The number of pyridine rings is 1. The Morgan fingerprint density at radius 2 is 2.12 bits per heavy atom. The SMILES string of the molecule is CCCn1cc(S(=O)(=O)Nc2cc(Cl)ccc2OC)c2cccnc21. The van der Waals surface area contributed by atoms with Gasteiger partial charge in [-0.3, -0.25) is 4.72 Å². The van der Waals surface area contributed by atoms with Crippen molar-refractivity contribution >= 4 is 38.3 Å². The summed E-state index contributed by atoms with van der Waals surface area (Å²) in [7, 11) is -2.37. The Balaban J connectivity index is 2.10. The van der Waals surface area contributed by atoms with Gasteiger partial charge in [0, 0.05) is 29.3 Å². The minimum Gasteiger partial charge on any atom is -0.495 e. The highest BCUT2D eigenvalue weighted by Crippen LogP contribution is 2.32. The van der Waals surface area contributed by atoms with Crippen LogP contribution in [0, 0.1) is 0 Å². The van der Waals surface area contributed by atoms with E-state index in [0.29, 0.717) is 28.4 Å². The van der Waals surface area contributed by atoms with Crippen molar-refractivity contribution in [2.24, 2.45) is 0 Å². The fourth-order valence-electron chi connectivity index (χ4n) is 2.68. The molecule has 0 aliphatic rings. The molecule has 0 spiro atoms. The molecule has 8 heteroatoms. The number of benzene rings is 1. The first kappa shape index (κ1) is 17.6. The normalized spacial score (nSPS) is 11.6. The van der Waals surface area contributed by atoms with Crippen LogP contribution in [0.25, 0.3) is 11.0 Å². The third-order valence-corrected chi connectivity index (χ3v) is 5.39. The Kier molecular flexibility index (Phi) is 4.87. The summed E-state index contributed by atoms with van der Waals surface area (Å²) in [6.45, 7) is 2.71. The number of hydrogen-bond donors (Lipinski definition) is 1. The highest BCUT2D eigenvalue weighted by molar-refractivity contribution is 7.93. The van der Waals surface area contributed by atoms with Gasteiger partial charge in [-0.2, -0.15) is 0 Å². The van der Waals surface area contributed by atoms with E-state index in [1.807, 2.05) is 11.5 Å². The maximum Gasteiger partial charge on any atom is 0.264 e. The summed E-state index contributed by atoms with van der Waals surface area (Å²) in [6, 6.07) is 8.23. The molecule has 3 aromatic rings. The van der Waals surface area contributed by atoms with Crippen LogP contribution >= 0.6 is 11.6 Å². The number of anilines is 1. The van der Waals surface area contributed by atoms with Gasteiger partial charge in [0.2, 0.25) is 0 Å². The zero-order valence-corrected chi connectivity index (χ0v) is 15.4. The molecule has 0 radical (unpaired) electrons. The van der Waals surface area contributed by atoms with Gasteiger partial charge in [0.1, 0.15) is 16.3 Å². The number of nitrogens with zero attached hydrogens (tertiary/aromatic N) is 2. The van der Waals surface area contributed by atoms with Crippen molar-refractivity contribution in [1.29, 1.82) is 0 Å². The summed E-state index contributed by atoms with van der Waals surface area (Å²) in [5.41, 5.74) is 0.929. The van der Waals surface area contributed by atoms with E-state index in [-0.39, 0.29) is 10.6 Å². The van der Waals surface area contributed by atoms with E-state index in [1.165, 1.54) is 13.2 Å². The largest absolute Gasteiger partial charge is 0.495 e. The van der Waals surface area contributed by atoms with Crippen molar-refractivity contribution in [3.63, 3.8) is 0 Å². The van der Waals surface area contributed by atoms with Crippen LogP contribution < -0.4 is 9.46 Å². The van der Waals surface area contributed by atoms with Crippen molar-refractivity contribution in [2.75, 3.05) is 11.8 Å². The highest BCUT2D eigenvalue weighted by Gasteiger charge is 2.23. The molecule has 2 heterocycles. The molecule has 0 atom stereocenters. The van der Waals surface area contributed by atoms with E-state index >= 15 is 0 Å². The van der Waals surface area contributed by atoms with E-state index in [9.17, 15) is 8.42 Å². The molecule has 0 bridgehead atoms. The molecule has 0 fully saturated rings. The van der Waals surface area contributed by atoms with Crippen molar-refractivity contribution in [3.8, 4) is 5.75 Å². The second-order valence-electron chi connectivity index (χ2n) is 5.51. The van der Waals surface area contributed by atoms with Crippen LogP contribution in [0.3, 0.4) is 0 Å². The number of sulfonamides is 1. The number of nitrogens with one attached hydrogen (secondary N) is 1. The maximum absolute atomic E-state index is 13.0. The van der Waals surface area contributed by atoms with Crippen LogP contribution in [-0.2, 0) is 16.6 Å². The van der Waals surface area contributed by atoms with Crippen LogP contribution in [0.5, 0.6) is 5.75 Å². The lowest BCUT2D eigenvalue weighted by atomic mass is 10.3. The van der Waals surface area contributed by atoms with E-state index in [0.717, 1.165) is 6.42 Å². The van der Waals surface area contributed by atoms with Gasteiger partial charge in [-0.1, -0.05) is 18.5 Å². The number of halogens is 1. The average Bonchev–Trinajstić information content (AvgIpc) is 2.95. The van der Waals surface area contributed by atoms with Crippen molar-refractivity contribution in [2.45, 2.75) is 24.8 Å². The first-order valence-corrected chi connectivity index (χ1v) is 9.62. The average molecular weight is 380 g/mol. The first-order valence-electron chi connectivity index (χ1n) is 7.76. The Bertz CT molecular complexity index is 1020. The Morgan fingerprint density at radius 1 is 1.32 bits per heavy atom. The maximum atomic E-state index is 13.0. The Hall–Kier alpha value is -2.25. The summed E-state index contributed by atoms with van der Waals surface area (Å²) >= 11 is 5.98. The zero-order valence-electron chi connectivity index (χ0n) is 13.9. The van der Waals surface area contributed by atoms with Gasteiger partial charge in [0.25, 0.3) is 10.0 Å². The summed E-state index contributed by atoms with van der Waals surface area (Å²) in [6.07, 6.45) is 4.13. The molecule has 0 saturated heterocycles. The lowest BCUT2D eigenvalue weighted by Crippen LogP contribution is -2.13. The molecule has 2 aromatic heterocycles. The molecule has 0 amide bonds. The minimum atomic E-state index is -3.84. The smallest absolute Gasteiger partial charge is 0.264 e. The molecule has 1 N–H and O–H groups in total. The van der Waals surface area contributed by atoms with Gasteiger partial charge in [-0.25, -0.2) is 13.4 Å². The van der Waals surface area contributed by atoms with Gasteiger partial charge in [-0.05, 0) is 36.8 Å². The third kappa shape index (κ3) is 3.43. The van der Waals surface area contributed by atoms with Crippen LogP contribution in [0.4, 0.5) is 5.69 Å². The quantitative estimate of drug-likeness (QED) is 0.704. The molecule has 25 heavy (non-hydrogen) atoms. The zero-order chi connectivity index (χ0) is 18.0. The molecular formula is C17H18ClN3O3S. The highest BCUT2D eigenvalue weighted by atomic mass is 35.5. The Morgan fingerprint density at radius 3 is 2.84 bits per heavy atom. The summed E-state index contributed by atoms with van der Waals surface area (Å²) in [5.74, 6) is 0.392. The van der Waals surface area contributed by atoms with Crippen LogP contribution in [0.1, 0.15) is 13.3 Å². The molecule has 0 unspecified atom stereocenters. The number of methoxy groups -OCH3 is 1. The molecular weight excluding hydrogens is 362 g/mol. The van der Waals surface area contributed by atoms with Crippen molar-refractivity contribution in [3.05, 3.63) is 47.7 Å². The lowest BCUT2D eigenvalue weighted by molar-refractivity contribution is 0.417. The number of aromatic nitrogens is 2. The van der Waals surface area contributed by atoms with Crippen LogP contribution in [0.15, 0.2) is 47.6 Å². The first-order chi connectivity index (χ1) is 12.0. The standard InChI is InChI=1S/C17H18ClN3O3S/c1-3-9-21-11-16(13-5-4-8-19-17(13)21)25(22,23)20-14-10-12(18)6-7-15(14)24-2/h4-8,10-11,20H,3,9H2,1-2H3. The second-order valence-corrected chi connectivity index (χ2v) is 7.60. The van der Waals surface area contributed by atoms with E-state index < -0.39 is 10.0 Å². The molecule has 3 rings (SSSR count). The van der Waals surface area contributed by atoms with Gasteiger partial charge >= 0.3 is 0 Å². The van der Waals surface area contributed by atoms with Gasteiger partial charge in [0.05, 0.1) is 12.8 Å². The van der Waals surface area contributed by atoms with E-state index in [2.05, 4.69) is 9.71 Å². The predicted molar refractivity (Wildman–Crippen MR) is 98.8 cm³/mol. The van der Waals surface area contributed by atoms with Gasteiger partial charge in [-0.15, -0.1) is 0 Å². The summed E-state index contributed by atoms with van der Waals surface area (Å²) in [4.78, 5) is 4.49. The monoisotopic (exact) mass is 379 g/mol. The summed E-state index contributed by atoms with van der Waals surface area (Å²) in [5, 5.41) is 0.984. The molecule has 6 nitrogen and oxygen atoms in total. The number of fused-ring (bicyclic) bond motifs is 1. The van der Waals surface area contributed by atoms with Crippen LogP contribution in [-0.4, -0.2) is 25.1 Å². The minimum absolute atomic E-state index is 0.172. The second kappa shape index (κ2) is 6.93. The van der Waals surface area contributed by atoms with Crippen molar-refractivity contribution < 1.29 is 13.2 Å². The number of rotatable bonds is 6. The predicted octanol–water partition coefficient (Wildman–Crippen LogP) is 3.91. The molecule has 0 aliphatic heterocycles. The molecule has 0 aliphatic carbocycles. The fraction of sp³-hybridized carbons (Fsp3) is 0.235. The van der Waals surface area contributed by atoms with E-state index in [4.69, 9.17) is 16.3 Å². The van der Waals surface area contributed by atoms with Gasteiger partial charge in [0.15, 0.2) is 0 Å². The Labute approximate surface area is 151 Å². The molecule has 0 saturated carbocycles. The van der Waals surface area contributed by atoms with Crippen LogP contribution in [0.2, 0.25) is 5.02 Å². The summed E-state index contributed by atoms with van der Waals surface area (Å²) < 4.78 is 35.5. The topological polar surface area (TPSA) is 73.2 Å². The fourth-order valence-corrected chi connectivity index (χ4v) is 4.12. The number of aryl methyl sites for hydroxylation is 1. The number of hydrogen-bond acceptors (Lipinski definition) is 4. The van der Waals surface area contributed by atoms with Crippen molar-refractivity contribution in [1.82, 2.24) is 9.55 Å². The molecule has 132 valence electrons. The lowest BCUT2D eigenvalue weighted by Gasteiger charge is -2.11. The van der Waals surface area contributed by atoms with Gasteiger partial charge < -0.3 is 9.30 Å². The third-order valence-electron chi connectivity index (χ3n) is 3.76.